The Labute approximate surface area is 116 Å². The third-order valence-electron chi connectivity index (χ3n) is 4.16. The van der Waals surface area contributed by atoms with E-state index < -0.39 is 0 Å². The normalized spacial score (nSPS) is 18.7. The van der Waals surface area contributed by atoms with Crippen molar-refractivity contribution in [3.05, 3.63) is 23.0 Å². The molecule has 0 amide bonds. The Morgan fingerprint density at radius 1 is 1.32 bits per heavy atom. The van der Waals surface area contributed by atoms with Gasteiger partial charge < -0.3 is 14.6 Å². The van der Waals surface area contributed by atoms with Crippen molar-refractivity contribution in [2.75, 3.05) is 32.8 Å². The molecular formula is C15H27N3O. The molecule has 1 saturated heterocycles. The van der Waals surface area contributed by atoms with Gasteiger partial charge in [-0.05, 0) is 32.4 Å². The van der Waals surface area contributed by atoms with Gasteiger partial charge in [0, 0.05) is 50.7 Å². The number of aryl methyl sites for hydroxylation is 1. The molecule has 1 aliphatic rings. The van der Waals surface area contributed by atoms with Gasteiger partial charge in [-0.1, -0.05) is 0 Å². The molecule has 0 bridgehead atoms. The summed E-state index contributed by atoms with van der Waals surface area (Å²) in [5.41, 5.74) is 4.10. The average Bonchev–Trinajstić information content (AvgIpc) is 2.65. The number of nitrogens with one attached hydrogen (secondary N) is 1. The number of aromatic nitrogens is 1. The summed E-state index contributed by atoms with van der Waals surface area (Å²) in [7, 11) is 2.13. The Morgan fingerprint density at radius 2 is 2.00 bits per heavy atom. The van der Waals surface area contributed by atoms with E-state index in [9.17, 15) is 0 Å². The standard InChI is InChI=1S/C15H27N3O/c1-12(11-18-5-7-19-8-6-18)16-10-15-9-13(2)17(4)14(15)3/h9,12,16H,5-8,10-11H2,1-4H3. The van der Waals surface area contributed by atoms with Gasteiger partial charge in [0.1, 0.15) is 0 Å². The van der Waals surface area contributed by atoms with E-state index in [4.69, 9.17) is 4.74 Å². The number of hydrogen-bond acceptors (Lipinski definition) is 3. The molecule has 2 heterocycles. The SMILES string of the molecule is Cc1cc(CNC(C)CN2CCOCC2)c(C)n1C. The summed E-state index contributed by atoms with van der Waals surface area (Å²) < 4.78 is 7.63. The fourth-order valence-corrected chi connectivity index (χ4v) is 2.63. The lowest BCUT2D eigenvalue weighted by molar-refractivity contribution is 0.0343. The topological polar surface area (TPSA) is 29.4 Å². The molecule has 1 aliphatic heterocycles. The van der Waals surface area contributed by atoms with Crippen molar-refractivity contribution >= 4 is 0 Å². The van der Waals surface area contributed by atoms with E-state index in [0.717, 1.165) is 39.4 Å². The van der Waals surface area contributed by atoms with Gasteiger partial charge in [0.05, 0.1) is 13.2 Å². The van der Waals surface area contributed by atoms with E-state index in [1.54, 1.807) is 0 Å². The Bertz CT molecular complexity index is 408. The van der Waals surface area contributed by atoms with Gasteiger partial charge in [-0.25, -0.2) is 0 Å². The minimum absolute atomic E-state index is 0.512. The molecule has 1 fully saturated rings. The Morgan fingerprint density at radius 3 is 2.58 bits per heavy atom. The van der Waals surface area contributed by atoms with Gasteiger partial charge in [-0.3, -0.25) is 4.90 Å². The molecule has 0 spiro atoms. The second-order valence-electron chi connectivity index (χ2n) is 5.65. The zero-order valence-corrected chi connectivity index (χ0v) is 12.7. The molecule has 108 valence electrons. The Hall–Kier alpha value is -0.840. The van der Waals surface area contributed by atoms with Crippen LogP contribution in [0.5, 0.6) is 0 Å². The molecule has 1 N–H and O–H groups in total. The van der Waals surface area contributed by atoms with Crippen molar-refractivity contribution < 1.29 is 4.74 Å². The van der Waals surface area contributed by atoms with E-state index in [1.165, 1.54) is 17.0 Å². The maximum absolute atomic E-state index is 5.38. The summed E-state index contributed by atoms with van der Waals surface area (Å²) >= 11 is 0. The Kier molecular flexibility index (Phi) is 5.02. The third kappa shape index (κ3) is 3.81. The zero-order chi connectivity index (χ0) is 13.8. The average molecular weight is 265 g/mol. The third-order valence-corrected chi connectivity index (χ3v) is 4.16. The lowest BCUT2D eigenvalue weighted by Gasteiger charge is -2.29. The second kappa shape index (κ2) is 6.55. The highest BCUT2D eigenvalue weighted by atomic mass is 16.5. The van der Waals surface area contributed by atoms with Crippen LogP contribution < -0.4 is 5.32 Å². The lowest BCUT2D eigenvalue weighted by atomic mass is 10.2. The van der Waals surface area contributed by atoms with Crippen LogP contribution in [0.4, 0.5) is 0 Å². The molecule has 19 heavy (non-hydrogen) atoms. The number of morpholine rings is 1. The van der Waals surface area contributed by atoms with Crippen molar-refractivity contribution in [3.63, 3.8) is 0 Å². The molecule has 1 unspecified atom stereocenters. The molecule has 0 radical (unpaired) electrons. The van der Waals surface area contributed by atoms with Crippen molar-refractivity contribution in [1.82, 2.24) is 14.8 Å². The minimum Gasteiger partial charge on any atom is -0.379 e. The quantitative estimate of drug-likeness (QED) is 0.874. The van der Waals surface area contributed by atoms with E-state index >= 15 is 0 Å². The maximum Gasteiger partial charge on any atom is 0.0594 e. The molecule has 4 nitrogen and oxygen atoms in total. The first-order valence-corrected chi connectivity index (χ1v) is 7.23. The number of nitrogens with zero attached hydrogens (tertiary/aromatic N) is 2. The highest BCUT2D eigenvalue weighted by Gasteiger charge is 2.14. The highest BCUT2D eigenvalue weighted by molar-refractivity contribution is 5.26. The minimum atomic E-state index is 0.512. The fourth-order valence-electron chi connectivity index (χ4n) is 2.63. The van der Waals surface area contributed by atoms with Crippen molar-refractivity contribution in [1.29, 1.82) is 0 Å². The van der Waals surface area contributed by atoms with Crippen molar-refractivity contribution in [2.24, 2.45) is 7.05 Å². The monoisotopic (exact) mass is 265 g/mol. The van der Waals surface area contributed by atoms with Gasteiger partial charge >= 0.3 is 0 Å². The molecule has 2 rings (SSSR count). The van der Waals surface area contributed by atoms with Crippen LogP contribution in [0.3, 0.4) is 0 Å². The van der Waals surface area contributed by atoms with Crippen molar-refractivity contribution in [2.45, 2.75) is 33.4 Å². The largest absolute Gasteiger partial charge is 0.379 e. The molecule has 1 atom stereocenters. The zero-order valence-electron chi connectivity index (χ0n) is 12.7. The maximum atomic E-state index is 5.38. The fraction of sp³-hybridized carbons (Fsp3) is 0.733. The number of ether oxygens (including phenoxy) is 1. The molecule has 1 aromatic rings. The van der Waals surface area contributed by atoms with Crippen LogP contribution in [0.25, 0.3) is 0 Å². The van der Waals surface area contributed by atoms with E-state index in [-0.39, 0.29) is 0 Å². The number of hydrogen-bond donors (Lipinski definition) is 1. The summed E-state index contributed by atoms with van der Waals surface area (Å²) in [5, 5.41) is 3.63. The molecular weight excluding hydrogens is 238 g/mol. The van der Waals surface area contributed by atoms with Crippen LogP contribution in [0, 0.1) is 13.8 Å². The van der Waals surface area contributed by atoms with Gasteiger partial charge in [-0.15, -0.1) is 0 Å². The summed E-state index contributed by atoms with van der Waals surface area (Å²) in [6, 6.07) is 2.79. The molecule has 4 heteroatoms. The van der Waals surface area contributed by atoms with Crippen LogP contribution in [0.2, 0.25) is 0 Å². The van der Waals surface area contributed by atoms with Crippen LogP contribution in [0.15, 0.2) is 6.07 Å². The van der Waals surface area contributed by atoms with Crippen LogP contribution in [-0.2, 0) is 18.3 Å². The summed E-state index contributed by atoms with van der Waals surface area (Å²) in [6.07, 6.45) is 0. The smallest absolute Gasteiger partial charge is 0.0594 e. The van der Waals surface area contributed by atoms with E-state index in [2.05, 4.69) is 48.7 Å². The van der Waals surface area contributed by atoms with Crippen LogP contribution in [0.1, 0.15) is 23.9 Å². The van der Waals surface area contributed by atoms with Gasteiger partial charge in [0.15, 0.2) is 0 Å². The molecule has 0 saturated carbocycles. The predicted octanol–water partition coefficient (Wildman–Crippen LogP) is 1.45. The summed E-state index contributed by atoms with van der Waals surface area (Å²) in [4.78, 5) is 2.48. The van der Waals surface area contributed by atoms with Crippen LogP contribution >= 0.6 is 0 Å². The van der Waals surface area contributed by atoms with Crippen molar-refractivity contribution in [3.8, 4) is 0 Å². The molecule has 1 aromatic heterocycles. The van der Waals surface area contributed by atoms with Gasteiger partial charge in [0.2, 0.25) is 0 Å². The lowest BCUT2D eigenvalue weighted by Crippen LogP contribution is -2.44. The van der Waals surface area contributed by atoms with Crippen LogP contribution in [-0.4, -0.2) is 48.4 Å². The highest BCUT2D eigenvalue weighted by Crippen LogP contribution is 2.13. The van der Waals surface area contributed by atoms with E-state index in [1.807, 2.05) is 0 Å². The van der Waals surface area contributed by atoms with E-state index in [0.29, 0.717) is 6.04 Å². The second-order valence-corrected chi connectivity index (χ2v) is 5.65. The first kappa shape index (κ1) is 14.6. The van der Waals surface area contributed by atoms with Gasteiger partial charge in [-0.2, -0.15) is 0 Å². The Balaban J connectivity index is 1.79. The number of rotatable bonds is 5. The first-order valence-electron chi connectivity index (χ1n) is 7.23. The summed E-state index contributed by atoms with van der Waals surface area (Å²) in [6.45, 7) is 12.6. The molecule has 0 aromatic carbocycles. The predicted molar refractivity (Wildman–Crippen MR) is 78.4 cm³/mol. The van der Waals surface area contributed by atoms with Gasteiger partial charge in [0.25, 0.3) is 0 Å². The first-order chi connectivity index (χ1) is 9.08. The summed E-state index contributed by atoms with van der Waals surface area (Å²) in [5.74, 6) is 0. The molecule has 0 aliphatic carbocycles.